The minimum Gasteiger partial charge on any atom is -0.273 e. The molecule has 0 saturated heterocycles. The van der Waals surface area contributed by atoms with E-state index in [4.69, 9.17) is 10.1 Å². The molecule has 2 fully saturated rings. The Labute approximate surface area is 171 Å². The second-order valence-corrected chi connectivity index (χ2v) is 8.87. The van der Waals surface area contributed by atoms with Crippen LogP contribution in [-0.4, -0.2) is 26.7 Å². The zero-order valence-electron chi connectivity index (χ0n) is 17.1. The fourth-order valence-electron chi connectivity index (χ4n) is 6.05. The predicted molar refractivity (Wildman–Crippen MR) is 109 cm³/mol. The number of anilines is 1. The van der Waals surface area contributed by atoms with Gasteiger partial charge in [0.2, 0.25) is 5.95 Å². The Bertz CT molecular complexity index is 917. The molecule has 1 aliphatic heterocycles. The normalized spacial score (nSPS) is 25.5. The van der Waals surface area contributed by atoms with Gasteiger partial charge < -0.3 is 0 Å². The van der Waals surface area contributed by atoms with Crippen LogP contribution in [-0.2, 0) is 12.0 Å². The zero-order valence-corrected chi connectivity index (χ0v) is 17.1. The number of hydrogen-bond donors (Lipinski definition) is 0. The maximum Gasteiger partial charge on any atom is 0.263 e. The molecule has 29 heavy (non-hydrogen) atoms. The van der Waals surface area contributed by atoms with Crippen molar-refractivity contribution in [1.82, 2.24) is 14.8 Å². The van der Waals surface area contributed by atoms with Crippen LogP contribution >= 0.6 is 0 Å². The minimum atomic E-state index is -0.468. The van der Waals surface area contributed by atoms with E-state index in [0.717, 1.165) is 44.3 Å². The molecule has 154 valence electrons. The molecule has 1 aromatic carbocycles. The highest BCUT2D eigenvalue weighted by Gasteiger charge is 2.55. The molecular formula is C23H29FN4O. The molecule has 2 aliphatic carbocycles. The smallest absolute Gasteiger partial charge is 0.263 e. The lowest BCUT2D eigenvalue weighted by Crippen LogP contribution is -2.61. The van der Waals surface area contributed by atoms with Gasteiger partial charge in [0.25, 0.3) is 5.91 Å². The van der Waals surface area contributed by atoms with Crippen LogP contribution in [0.5, 0.6) is 0 Å². The first kappa shape index (κ1) is 18.8. The summed E-state index contributed by atoms with van der Waals surface area (Å²) in [7, 11) is 0. The molecule has 0 N–H and O–H groups in total. The minimum absolute atomic E-state index is 0.0366. The number of carbonyl (C=O) groups is 1. The van der Waals surface area contributed by atoms with Gasteiger partial charge in [0.15, 0.2) is 5.82 Å². The second kappa shape index (κ2) is 7.22. The average Bonchev–Trinajstić information content (AvgIpc) is 3.20. The van der Waals surface area contributed by atoms with Crippen LogP contribution in [0.2, 0.25) is 0 Å². The van der Waals surface area contributed by atoms with E-state index >= 15 is 0 Å². The van der Waals surface area contributed by atoms with E-state index in [0.29, 0.717) is 11.9 Å². The highest BCUT2D eigenvalue weighted by Crippen LogP contribution is 2.53. The van der Waals surface area contributed by atoms with Crippen molar-refractivity contribution in [2.75, 3.05) is 4.90 Å². The van der Waals surface area contributed by atoms with Gasteiger partial charge in [0.05, 0.1) is 11.1 Å². The Morgan fingerprint density at radius 1 is 1.14 bits per heavy atom. The number of halogens is 1. The van der Waals surface area contributed by atoms with Crippen LogP contribution in [0.4, 0.5) is 10.3 Å². The number of aryl methyl sites for hydroxylation is 1. The fraction of sp³-hybridized carbons (Fsp3) is 0.609. The van der Waals surface area contributed by atoms with Crippen molar-refractivity contribution in [2.45, 2.75) is 82.7 Å². The Balaban J connectivity index is 1.68. The summed E-state index contributed by atoms with van der Waals surface area (Å²) in [6.45, 7) is 2.05. The topological polar surface area (TPSA) is 51.0 Å². The highest BCUT2D eigenvalue weighted by atomic mass is 19.1. The lowest BCUT2D eigenvalue weighted by molar-refractivity contribution is 0.0310. The molecule has 2 aromatic rings. The average molecular weight is 397 g/mol. The standard InChI is InChI=1S/C23H29FN4O/c1-2-20-25-22-27(21(29)16-10-4-6-12-18(16)24)19-13-7-5-11-17(19)23(28(22)26-20)14-8-3-9-15-23/h4,6,10,12,17,19H,2-3,5,7-9,11,13-15H2,1H3. The lowest BCUT2D eigenvalue weighted by Gasteiger charge is -2.55. The molecule has 5 rings (SSSR count). The summed E-state index contributed by atoms with van der Waals surface area (Å²) in [5.74, 6) is 1.04. The summed E-state index contributed by atoms with van der Waals surface area (Å²) in [5.41, 5.74) is 0.0921. The number of nitrogens with zero attached hydrogens (tertiary/aromatic N) is 4. The number of hydrogen-bond acceptors (Lipinski definition) is 3. The largest absolute Gasteiger partial charge is 0.273 e. The van der Waals surface area contributed by atoms with Gasteiger partial charge in [-0.1, -0.05) is 51.2 Å². The number of carbonyl (C=O) groups excluding carboxylic acids is 1. The molecule has 2 atom stereocenters. The van der Waals surface area contributed by atoms with Gasteiger partial charge in [-0.15, -0.1) is 0 Å². The summed E-state index contributed by atoms with van der Waals surface area (Å²) in [4.78, 5) is 20.2. The maximum absolute atomic E-state index is 14.5. The van der Waals surface area contributed by atoms with Crippen LogP contribution < -0.4 is 4.90 Å². The van der Waals surface area contributed by atoms with E-state index in [9.17, 15) is 9.18 Å². The summed E-state index contributed by atoms with van der Waals surface area (Å²) in [6, 6.07) is 6.38. The highest BCUT2D eigenvalue weighted by molar-refractivity contribution is 6.06. The van der Waals surface area contributed by atoms with E-state index in [-0.39, 0.29) is 23.1 Å². The van der Waals surface area contributed by atoms with Crippen LogP contribution in [0.25, 0.3) is 0 Å². The number of aromatic nitrogens is 3. The van der Waals surface area contributed by atoms with Crippen LogP contribution in [0, 0.1) is 11.7 Å². The van der Waals surface area contributed by atoms with Crippen LogP contribution in [0.15, 0.2) is 24.3 Å². The third-order valence-electron chi connectivity index (χ3n) is 7.38. The molecule has 5 nitrogen and oxygen atoms in total. The van der Waals surface area contributed by atoms with Gasteiger partial charge in [0.1, 0.15) is 5.82 Å². The van der Waals surface area contributed by atoms with Gasteiger partial charge >= 0.3 is 0 Å². The Kier molecular flexibility index (Phi) is 4.67. The molecule has 1 amide bonds. The molecule has 2 saturated carbocycles. The summed E-state index contributed by atoms with van der Waals surface area (Å²) in [6.07, 6.45) is 11.0. The van der Waals surface area contributed by atoms with E-state index in [1.165, 1.54) is 31.7 Å². The Morgan fingerprint density at radius 2 is 1.90 bits per heavy atom. The van der Waals surface area contributed by atoms with Crippen molar-refractivity contribution in [3.8, 4) is 0 Å². The van der Waals surface area contributed by atoms with Crippen molar-refractivity contribution in [3.63, 3.8) is 0 Å². The third kappa shape index (κ3) is 2.82. The summed E-state index contributed by atoms with van der Waals surface area (Å²) >= 11 is 0. The van der Waals surface area contributed by atoms with Crippen molar-refractivity contribution >= 4 is 11.9 Å². The molecule has 1 aromatic heterocycles. The predicted octanol–water partition coefficient (Wildman–Crippen LogP) is 4.86. The van der Waals surface area contributed by atoms with Gasteiger partial charge in [-0.3, -0.25) is 9.69 Å². The number of fused-ring (bicyclic) bond motifs is 4. The molecule has 1 spiro atoms. The van der Waals surface area contributed by atoms with Gasteiger partial charge in [-0.05, 0) is 37.8 Å². The SMILES string of the molecule is CCc1nc2n(n1)C1(CCCCC1)C1CCCCC1N2C(=O)c1ccccc1F. The second-order valence-electron chi connectivity index (χ2n) is 8.87. The number of rotatable bonds is 2. The third-order valence-corrected chi connectivity index (χ3v) is 7.38. The fourth-order valence-corrected chi connectivity index (χ4v) is 6.05. The van der Waals surface area contributed by atoms with Gasteiger partial charge in [0, 0.05) is 18.4 Å². The molecular weight excluding hydrogens is 367 g/mol. The quantitative estimate of drug-likeness (QED) is 0.728. The van der Waals surface area contributed by atoms with Gasteiger partial charge in [-0.2, -0.15) is 10.1 Å². The molecule has 0 bridgehead atoms. The molecule has 3 aliphatic rings. The molecule has 0 radical (unpaired) electrons. The van der Waals surface area contributed by atoms with E-state index in [2.05, 4.69) is 4.68 Å². The Morgan fingerprint density at radius 3 is 2.66 bits per heavy atom. The summed E-state index contributed by atoms with van der Waals surface area (Å²) < 4.78 is 16.6. The zero-order chi connectivity index (χ0) is 20.0. The van der Waals surface area contributed by atoms with Crippen LogP contribution in [0.3, 0.4) is 0 Å². The van der Waals surface area contributed by atoms with Crippen LogP contribution in [0.1, 0.15) is 80.9 Å². The maximum atomic E-state index is 14.5. The molecule has 2 heterocycles. The van der Waals surface area contributed by atoms with E-state index < -0.39 is 5.82 Å². The van der Waals surface area contributed by atoms with Crippen molar-refractivity contribution in [2.24, 2.45) is 5.92 Å². The molecule has 6 heteroatoms. The van der Waals surface area contributed by atoms with Crippen molar-refractivity contribution in [1.29, 1.82) is 0 Å². The first-order valence-corrected chi connectivity index (χ1v) is 11.2. The Hall–Kier alpha value is -2.24. The van der Waals surface area contributed by atoms with Crippen molar-refractivity contribution in [3.05, 3.63) is 41.5 Å². The number of amides is 1. The van der Waals surface area contributed by atoms with Gasteiger partial charge in [-0.25, -0.2) is 9.07 Å². The monoisotopic (exact) mass is 396 g/mol. The van der Waals surface area contributed by atoms with Crippen molar-refractivity contribution < 1.29 is 9.18 Å². The molecule has 2 unspecified atom stereocenters. The lowest BCUT2D eigenvalue weighted by atomic mass is 9.64. The number of benzene rings is 1. The first-order chi connectivity index (χ1) is 14.2. The van der Waals surface area contributed by atoms with E-state index in [1.54, 1.807) is 23.1 Å². The summed E-state index contributed by atoms with van der Waals surface area (Å²) in [5, 5.41) is 4.90. The first-order valence-electron chi connectivity index (χ1n) is 11.2. The van der Waals surface area contributed by atoms with E-state index in [1.807, 2.05) is 6.92 Å².